The van der Waals surface area contributed by atoms with Crippen LogP contribution in [0.4, 0.5) is 8.78 Å². The summed E-state index contributed by atoms with van der Waals surface area (Å²) < 4.78 is 26.9. The van der Waals surface area contributed by atoms with E-state index in [2.05, 4.69) is 10.9 Å². The Morgan fingerprint density at radius 2 is 1.85 bits per heavy atom. The monoisotopic (exact) mass is 274 g/mol. The summed E-state index contributed by atoms with van der Waals surface area (Å²) in [5, 5.41) is 9.76. The maximum absolute atomic E-state index is 13.7. The fourth-order valence-corrected chi connectivity index (χ4v) is 2.18. The topological polar surface area (TPSA) is 44.3 Å². The van der Waals surface area contributed by atoms with Gasteiger partial charge in [-0.3, -0.25) is 0 Å². The molecule has 102 valence electrons. The van der Waals surface area contributed by atoms with Gasteiger partial charge >= 0.3 is 0 Å². The zero-order valence-electron chi connectivity index (χ0n) is 10.4. The summed E-state index contributed by atoms with van der Waals surface area (Å²) in [5.41, 5.74) is 7.04. The quantitative estimate of drug-likeness (QED) is 0.789. The lowest BCUT2D eigenvalue weighted by molar-refractivity contribution is 0.470. The van der Waals surface area contributed by atoms with Gasteiger partial charge in [-0.25, -0.2) is 14.2 Å². The van der Waals surface area contributed by atoms with Crippen LogP contribution < -0.4 is 10.9 Å². The molecule has 0 fully saturated rings. The fraction of sp³-hybridized carbons (Fsp3) is 0.0667. The second-order valence-electron chi connectivity index (χ2n) is 4.51. The van der Waals surface area contributed by atoms with Gasteiger partial charge in [0.1, 0.15) is 17.4 Å². The van der Waals surface area contributed by atoms with Crippen LogP contribution in [0.25, 0.3) is 5.70 Å². The molecule has 0 bridgehead atoms. The van der Waals surface area contributed by atoms with Crippen molar-refractivity contribution in [3.05, 3.63) is 71.3 Å². The molecule has 1 atom stereocenters. The van der Waals surface area contributed by atoms with Crippen LogP contribution >= 0.6 is 0 Å². The molecule has 3 nitrogen and oxygen atoms in total. The highest BCUT2D eigenvalue weighted by Gasteiger charge is 2.21. The first-order chi connectivity index (χ1) is 9.65. The number of phenols is 1. The van der Waals surface area contributed by atoms with E-state index in [1.165, 1.54) is 24.3 Å². The number of nitrogens with one attached hydrogen (secondary N) is 2. The van der Waals surface area contributed by atoms with Crippen LogP contribution in [-0.4, -0.2) is 5.11 Å². The third kappa shape index (κ3) is 2.23. The minimum Gasteiger partial charge on any atom is -0.507 e. The van der Waals surface area contributed by atoms with Gasteiger partial charge in [-0.05, 0) is 30.3 Å². The minimum atomic E-state index is -0.449. The van der Waals surface area contributed by atoms with Crippen LogP contribution in [0.1, 0.15) is 17.2 Å². The molecule has 1 aliphatic heterocycles. The van der Waals surface area contributed by atoms with Gasteiger partial charge in [-0.1, -0.05) is 18.2 Å². The summed E-state index contributed by atoms with van der Waals surface area (Å²) in [6.07, 6.45) is 1.70. The highest BCUT2D eigenvalue weighted by molar-refractivity contribution is 5.71. The van der Waals surface area contributed by atoms with Gasteiger partial charge in [-0.15, -0.1) is 0 Å². The molecule has 0 amide bonds. The van der Waals surface area contributed by atoms with E-state index in [1.807, 2.05) is 0 Å². The number of phenolic OH excluding ortho intramolecular Hbond substituents is 1. The van der Waals surface area contributed by atoms with Crippen molar-refractivity contribution in [3.8, 4) is 5.75 Å². The van der Waals surface area contributed by atoms with Crippen LogP contribution in [-0.2, 0) is 0 Å². The molecule has 0 aliphatic carbocycles. The summed E-state index contributed by atoms with van der Waals surface area (Å²) >= 11 is 0. The van der Waals surface area contributed by atoms with Crippen molar-refractivity contribution in [2.24, 2.45) is 0 Å². The summed E-state index contributed by atoms with van der Waals surface area (Å²) in [4.78, 5) is 0. The highest BCUT2D eigenvalue weighted by Crippen LogP contribution is 2.30. The van der Waals surface area contributed by atoms with Crippen LogP contribution in [0.3, 0.4) is 0 Å². The zero-order valence-corrected chi connectivity index (χ0v) is 10.4. The molecule has 1 aliphatic rings. The summed E-state index contributed by atoms with van der Waals surface area (Å²) in [5.74, 6) is -0.816. The Bertz CT molecular complexity index is 685. The standard InChI is InChI=1S/C15H12F2N2O/c16-9-5-6-15(20)11(7-9)14-8-13(18-19-14)10-3-1-2-4-12(10)17/h1-8,13,18-20H. The molecular weight excluding hydrogens is 262 g/mol. The van der Waals surface area contributed by atoms with E-state index >= 15 is 0 Å². The fourth-order valence-electron chi connectivity index (χ4n) is 2.18. The third-order valence-corrected chi connectivity index (χ3v) is 3.18. The molecule has 20 heavy (non-hydrogen) atoms. The van der Waals surface area contributed by atoms with E-state index < -0.39 is 5.82 Å². The lowest BCUT2D eigenvalue weighted by Gasteiger charge is -2.10. The Balaban J connectivity index is 1.96. The van der Waals surface area contributed by atoms with Crippen LogP contribution in [0, 0.1) is 11.6 Å². The maximum atomic E-state index is 13.7. The molecule has 1 heterocycles. The van der Waals surface area contributed by atoms with E-state index in [0.717, 1.165) is 0 Å². The number of halogens is 2. The van der Waals surface area contributed by atoms with Gasteiger partial charge in [0.25, 0.3) is 0 Å². The number of hydrogen-bond donors (Lipinski definition) is 3. The summed E-state index contributed by atoms with van der Waals surface area (Å²) in [7, 11) is 0. The average Bonchev–Trinajstić information content (AvgIpc) is 2.91. The Labute approximate surface area is 114 Å². The zero-order chi connectivity index (χ0) is 14.1. The molecule has 0 spiro atoms. The van der Waals surface area contributed by atoms with Crippen molar-refractivity contribution in [2.45, 2.75) is 6.04 Å². The van der Waals surface area contributed by atoms with Crippen LogP contribution in [0.5, 0.6) is 5.75 Å². The van der Waals surface area contributed by atoms with E-state index in [0.29, 0.717) is 16.8 Å². The largest absolute Gasteiger partial charge is 0.507 e. The molecular formula is C15H12F2N2O. The van der Waals surface area contributed by atoms with Gasteiger partial charge < -0.3 is 10.5 Å². The molecule has 2 aromatic carbocycles. The second kappa shape index (κ2) is 4.94. The van der Waals surface area contributed by atoms with E-state index in [-0.39, 0.29) is 17.6 Å². The lowest BCUT2D eigenvalue weighted by atomic mass is 10.0. The highest BCUT2D eigenvalue weighted by atomic mass is 19.1. The maximum Gasteiger partial charge on any atom is 0.128 e. The first kappa shape index (κ1) is 12.6. The van der Waals surface area contributed by atoms with Gasteiger partial charge in [0.05, 0.1) is 11.7 Å². The molecule has 5 heteroatoms. The summed E-state index contributed by atoms with van der Waals surface area (Å²) in [6, 6.07) is 9.70. The van der Waals surface area contributed by atoms with Crippen molar-refractivity contribution in [1.82, 2.24) is 10.9 Å². The number of aromatic hydroxyl groups is 1. The van der Waals surface area contributed by atoms with Crippen LogP contribution in [0.15, 0.2) is 48.5 Å². The first-order valence-corrected chi connectivity index (χ1v) is 6.12. The number of benzene rings is 2. The van der Waals surface area contributed by atoms with Gasteiger partial charge in [0, 0.05) is 11.1 Å². The van der Waals surface area contributed by atoms with Crippen molar-refractivity contribution in [2.75, 3.05) is 0 Å². The SMILES string of the molecule is Oc1ccc(F)cc1C1=CC(c2ccccc2F)NN1. The van der Waals surface area contributed by atoms with Crippen molar-refractivity contribution >= 4 is 5.70 Å². The van der Waals surface area contributed by atoms with Gasteiger partial charge in [0.15, 0.2) is 0 Å². The average molecular weight is 274 g/mol. The number of rotatable bonds is 2. The van der Waals surface area contributed by atoms with Gasteiger partial charge in [-0.2, -0.15) is 0 Å². The molecule has 3 rings (SSSR count). The molecule has 0 aromatic heterocycles. The Kier molecular flexibility index (Phi) is 3.12. The number of hydrogen-bond acceptors (Lipinski definition) is 3. The van der Waals surface area contributed by atoms with Crippen LogP contribution in [0.2, 0.25) is 0 Å². The lowest BCUT2D eigenvalue weighted by Crippen LogP contribution is -2.26. The van der Waals surface area contributed by atoms with Crippen molar-refractivity contribution in [1.29, 1.82) is 0 Å². The second-order valence-corrected chi connectivity index (χ2v) is 4.51. The molecule has 0 saturated heterocycles. The van der Waals surface area contributed by atoms with E-state index in [4.69, 9.17) is 0 Å². The van der Waals surface area contributed by atoms with Crippen molar-refractivity contribution in [3.63, 3.8) is 0 Å². The third-order valence-electron chi connectivity index (χ3n) is 3.18. The smallest absolute Gasteiger partial charge is 0.128 e. The molecule has 3 N–H and O–H groups in total. The Morgan fingerprint density at radius 1 is 1.05 bits per heavy atom. The minimum absolute atomic E-state index is 0.0406. The normalized spacial score (nSPS) is 17.7. The van der Waals surface area contributed by atoms with Crippen molar-refractivity contribution < 1.29 is 13.9 Å². The predicted molar refractivity (Wildman–Crippen MR) is 71.5 cm³/mol. The van der Waals surface area contributed by atoms with E-state index in [1.54, 1.807) is 24.3 Å². The number of hydrazine groups is 1. The first-order valence-electron chi connectivity index (χ1n) is 6.12. The Hall–Kier alpha value is -2.40. The molecule has 0 radical (unpaired) electrons. The molecule has 0 saturated carbocycles. The predicted octanol–water partition coefficient (Wildman–Crippen LogP) is 2.86. The van der Waals surface area contributed by atoms with E-state index in [9.17, 15) is 13.9 Å². The Morgan fingerprint density at radius 3 is 2.65 bits per heavy atom. The molecule has 2 aromatic rings. The van der Waals surface area contributed by atoms with Gasteiger partial charge in [0.2, 0.25) is 0 Å². The molecule has 1 unspecified atom stereocenters. The summed E-state index contributed by atoms with van der Waals surface area (Å²) in [6.45, 7) is 0.